The molecular formula is C12H24N2O10. The van der Waals surface area contributed by atoms with E-state index in [2.05, 4.69) is 5.10 Å². The van der Waals surface area contributed by atoms with Crippen molar-refractivity contribution < 1.29 is 50.3 Å². The van der Waals surface area contributed by atoms with Gasteiger partial charge in [-0.2, -0.15) is 5.10 Å². The van der Waals surface area contributed by atoms with Crippen LogP contribution in [0.15, 0.2) is 5.10 Å². The van der Waals surface area contributed by atoms with Crippen LogP contribution in [0, 0.1) is 0 Å². The summed E-state index contributed by atoms with van der Waals surface area (Å²) in [5.74, 6) is 4.89. The van der Waals surface area contributed by atoms with E-state index >= 15 is 0 Å². The molecule has 12 heteroatoms. The van der Waals surface area contributed by atoms with Crippen LogP contribution in [-0.2, 0) is 9.47 Å². The van der Waals surface area contributed by atoms with Gasteiger partial charge in [-0.3, -0.25) is 0 Å². The van der Waals surface area contributed by atoms with Crippen LogP contribution in [0.25, 0.3) is 0 Å². The van der Waals surface area contributed by atoms with E-state index in [1.807, 2.05) is 0 Å². The number of aliphatic hydroxyl groups is 8. The van der Waals surface area contributed by atoms with E-state index in [1.165, 1.54) is 0 Å². The molecule has 1 aliphatic heterocycles. The molecule has 1 rings (SSSR count). The zero-order chi connectivity index (χ0) is 18.4. The number of ether oxygens (including phenoxy) is 2. The van der Waals surface area contributed by atoms with E-state index in [4.69, 9.17) is 25.5 Å². The number of aliphatic hydroxyl groups excluding tert-OH is 8. The number of hydrogen-bond donors (Lipinski definition) is 9. The van der Waals surface area contributed by atoms with Gasteiger partial charge in [-0.1, -0.05) is 0 Å². The normalized spacial score (nSPS) is 36.4. The van der Waals surface area contributed by atoms with Crippen molar-refractivity contribution in [2.24, 2.45) is 10.9 Å². The maximum Gasteiger partial charge on any atom is 0.187 e. The molecule has 0 unspecified atom stereocenters. The van der Waals surface area contributed by atoms with Crippen molar-refractivity contribution in [2.75, 3.05) is 13.2 Å². The molecule has 12 nitrogen and oxygen atoms in total. The van der Waals surface area contributed by atoms with Crippen LogP contribution in [0.3, 0.4) is 0 Å². The van der Waals surface area contributed by atoms with Gasteiger partial charge in [-0.05, 0) is 0 Å². The van der Waals surface area contributed by atoms with Gasteiger partial charge in [0.2, 0.25) is 0 Å². The van der Waals surface area contributed by atoms with Crippen molar-refractivity contribution in [3.8, 4) is 0 Å². The Morgan fingerprint density at radius 1 is 1.08 bits per heavy atom. The van der Waals surface area contributed by atoms with Crippen molar-refractivity contribution in [2.45, 2.75) is 55.1 Å². The molecule has 0 aliphatic carbocycles. The first-order valence-corrected chi connectivity index (χ1v) is 7.12. The van der Waals surface area contributed by atoms with Crippen LogP contribution in [-0.4, -0.2) is 115 Å². The Morgan fingerprint density at radius 3 is 2.21 bits per heavy atom. The Morgan fingerprint density at radius 2 is 1.71 bits per heavy atom. The Kier molecular flexibility index (Phi) is 8.38. The maximum atomic E-state index is 9.94. The fourth-order valence-electron chi connectivity index (χ4n) is 2.20. The summed E-state index contributed by atoms with van der Waals surface area (Å²) >= 11 is 0. The molecule has 142 valence electrons. The second-order valence-corrected chi connectivity index (χ2v) is 5.33. The molecule has 1 saturated heterocycles. The van der Waals surface area contributed by atoms with E-state index in [-0.39, 0.29) is 0 Å². The summed E-state index contributed by atoms with van der Waals surface area (Å²) in [6, 6.07) is 0. The van der Waals surface area contributed by atoms with E-state index in [9.17, 15) is 30.6 Å². The van der Waals surface area contributed by atoms with Gasteiger partial charge in [-0.25, -0.2) is 0 Å². The Labute approximate surface area is 137 Å². The predicted octanol–water partition coefficient (Wildman–Crippen LogP) is -5.81. The molecule has 1 fully saturated rings. The Hall–Kier alpha value is -0.930. The lowest BCUT2D eigenvalue weighted by Gasteiger charge is -2.42. The zero-order valence-corrected chi connectivity index (χ0v) is 12.6. The van der Waals surface area contributed by atoms with Crippen LogP contribution < -0.4 is 5.84 Å². The molecule has 0 bridgehead atoms. The first-order chi connectivity index (χ1) is 11.3. The van der Waals surface area contributed by atoms with Crippen LogP contribution in [0.2, 0.25) is 0 Å². The van der Waals surface area contributed by atoms with E-state index in [0.717, 1.165) is 6.21 Å². The summed E-state index contributed by atoms with van der Waals surface area (Å²) in [6.45, 7) is -1.56. The van der Waals surface area contributed by atoms with Gasteiger partial charge in [0.05, 0.1) is 19.4 Å². The second-order valence-electron chi connectivity index (χ2n) is 5.33. The average molecular weight is 356 g/mol. The van der Waals surface area contributed by atoms with Gasteiger partial charge in [-0.15, -0.1) is 0 Å². The number of hydrogen-bond acceptors (Lipinski definition) is 12. The molecule has 24 heavy (non-hydrogen) atoms. The van der Waals surface area contributed by atoms with Crippen molar-refractivity contribution in [3.63, 3.8) is 0 Å². The van der Waals surface area contributed by atoms with E-state index in [1.54, 1.807) is 0 Å². The summed E-state index contributed by atoms with van der Waals surface area (Å²) < 4.78 is 10.3. The monoisotopic (exact) mass is 356 g/mol. The molecule has 0 spiro atoms. The zero-order valence-electron chi connectivity index (χ0n) is 12.6. The first kappa shape index (κ1) is 21.1. The molecular weight excluding hydrogens is 332 g/mol. The third-order valence-electron chi connectivity index (χ3n) is 3.63. The van der Waals surface area contributed by atoms with Crippen LogP contribution in [0.1, 0.15) is 0 Å². The number of rotatable bonds is 8. The summed E-state index contributed by atoms with van der Waals surface area (Å²) in [5, 5.41) is 79.6. The highest BCUT2D eigenvalue weighted by Crippen LogP contribution is 2.24. The van der Waals surface area contributed by atoms with E-state index < -0.39 is 68.3 Å². The van der Waals surface area contributed by atoms with Crippen molar-refractivity contribution in [1.82, 2.24) is 0 Å². The molecule has 1 aliphatic rings. The molecule has 0 aromatic heterocycles. The van der Waals surface area contributed by atoms with Gasteiger partial charge in [0.1, 0.15) is 48.8 Å². The van der Waals surface area contributed by atoms with Gasteiger partial charge in [0.15, 0.2) is 6.29 Å². The quantitative estimate of drug-likeness (QED) is 0.113. The highest BCUT2D eigenvalue weighted by Gasteiger charge is 2.46. The standard InChI is InChI=1S/C12H24N2O10/c13-14-1-4(17)11(7(19)5(18)2-15)24-12-10(22)9(21)8(20)6(3-16)23-12/h1,4-12,15-22H,2-3,13H2/t4-,5-,6-,7-,8-,9+,10+,11-,12-/m1/s1. The van der Waals surface area contributed by atoms with Crippen molar-refractivity contribution in [1.29, 1.82) is 0 Å². The van der Waals surface area contributed by atoms with Crippen molar-refractivity contribution in [3.05, 3.63) is 0 Å². The molecule has 1 heterocycles. The topological polar surface area (TPSA) is 219 Å². The fraction of sp³-hybridized carbons (Fsp3) is 0.917. The fourth-order valence-corrected chi connectivity index (χ4v) is 2.20. The van der Waals surface area contributed by atoms with Gasteiger partial charge in [0.25, 0.3) is 0 Å². The molecule has 9 atom stereocenters. The highest BCUT2D eigenvalue weighted by molar-refractivity contribution is 5.63. The summed E-state index contributed by atoms with van der Waals surface area (Å²) in [5.41, 5.74) is 0. The molecule has 0 aromatic rings. The highest BCUT2D eigenvalue weighted by atomic mass is 16.7. The lowest BCUT2D eigenvalue weighted by atomic mass is 9.98. The third kappa shape index (κ3) is 4.80. The third-order valence-corrected chi connectivity index (χ3v) is 3.63. The smallest absolute Gasteiger partial charge is 0.187 e. The van der Waals surface area contributed by atoms with E-state index in [0.29, 0.717) is 0 Å². The van der Waals surface area contributed by atoms with Gasteiger partial charge in [0, 0.05) is 0 Å². The largest absolute Gasteiger partial charge is 0.394 e. The van der Waals surface area contributed by atoms with Crippen LogP contribution in [0.5, 0.6) is 0 Å². The molecule has 0 saturated carbocycles. The maximum absolute atomic E-state index is 9.94. The average Bonchev–Trinajstić information content (AvgIpc) is 2.58. The number of nitrogens with zero attached hydrogens (tertiary/aromatic N) is 1. The van der Waals surface area contributed by atoms with Gasteiger partial charge >= 0.3 is 0 Å². The first-order valence-electron chi connectivity index (χ1n) is 7.12. The van der Waals surface area contributed by atoms with Crippen LogP contribution >= 0.6 is 0 Å². The lowest BCUT2D eigenvalue weighted by molar-refractivity contribution is -0.323. The summed E-state index contributed by atoms with van der Waals surface area (Å²) in [6.07, 6.45) is -14.2. The summed E-state index contributed by atoms with van der Waals surface area (Å²) in [7, 11) is 0. The minimum absolute atomic E-state index is 0.704. The molecule has 0 aromatic carbocycles. The minimum Gasteiger partial charge on any atom is -0.394 e. The SMILES string of the molecule is NN=C[C@@H](O)[C@@H](O[C@H]1O[C@H](CO)[C@@H](O)[C@H](O)[C@@H]1O)[C@H](O)[C@H](O)CO. The molecule has 10 N–H and O–H groups in total. The minimum atomic E-state index is -1.84. The van der Waals surface area contributed by atoms with Crippen molar-refractivity contribution >= 4 is 6.21 Å². The second kappa shape index (κ2) is 9.53. The Balaban J connectivity index is 2.95. The molecule has 0 radical (unpaired) electrons. The molecule has 0 amide bonds. The van der Waals surface area contributed by atoms with Gasteiger partial charge < -0.3 is 56.2 Å². The Bertz CT molecular complexity index is 398. The summed E-state index contributed by atoms with van der Waals surface area (Å²) in [4.78, 5) is 0. The lowest BCUT2D eigenvalue weighted by Crippen LogP contribution is -2.61. The number of nitrogens with two attached hydrogens (primary N) is 1. The van der Waals surface area contributed by atoms with Crippen LogP contribution in [0.4, 0.5) is 0 Å². The number of hydrazone groups is 1. The predicted molar refractivity (Wildman–Crippen MR) is 76.4 cm³/mol.